The number of nitrogens with one attached hydrogen (secondary N) is 2. The predicted octanol–water partition coefficient (Wildman–Crippen LogP) is 1.15. The van der Waals surface area contributed by atoms with E-state index in [9.17, 15) is 9.59 Å². The molecule has 1 aromatic heterocycles. The number of amides is 2. The Balaban J connectivity index is 1.52. The first-order valence-electron chi connectivity index (χ1n) is 8.64. The molecule has 132 valence electrons. The van der Waals surface area contributed by atoms with Crippen molar-refractivity contribution in [2.45, 2.75) is 45.2 Å². The molecule has 0 fully saturated rings. The normalized spacial score (nSPS) is 15.6. The third-order valence-corrected chi connectivity index (χ3v) is 4.37. The van der Waals surface area contributed by atoms with Gasteiger partial charge in [-0.2, -0.15) is 0 Å². The maximum atomic E-state index is 12.5. The number of fused-ring (bicyclic) bond motifs is 1. The Morgan fingerprint density at radius 3 is 2.76 bits per heavy atom. The van der Waals surface area contributed by atoms with E-state index in [1.54, 1.807) is 0 Å². The van der Waals surface area contributed by atoms with Crippen molar-refractivity contribution in [3.63, 3.8) is 0 Å². The molecular weight excluding hydrogens is 318 g/mol. The van der Waals surface area contributed by atoms with E-state index in [1.807, 2.05) is 22.8 Å². The van der Waals surface area contributed by atoms with Gasteiger partial charge in [-0.25, -0.2) is 0 Å². The second-order valence-corrected chi connectivity index (χ2v) is 6.25. The van der Waals surface area contributed by atoms with Gasteiger partial charge in [-0.1, -0.05) is 30.3 Å². The molecule has 2 N–H and O–H groups in total. The van der Waals surface area contributed by atoms with Gasteiger partial charge in [0.2, 0.25) is 11.8 Å². The zero-order valence-electron chi connectivity index (χ0n) is 14.4. The second kappa shape index (κ2) is 7.92. The first-order valence-corrected chi connectivity index (χ1v) is 8.64. The molecular formula is C18H23N5O2. The Labute approximate surface area is 146 Å². The smallest absolute Gasteiger partial charge is 0.243 e. The summed E-state index contributed by atoms with van der Waals surface area (Å²) in [6.07, 6.45) is 3.30. The summed E-state index contributed by atoms with van der Waals surface area (Å²) in [5.74, 6) is 1.31. The number of rotatable bonds is 7. The molecule has 0 aliphatic carbocycles. The Bertz CT molecular complexity index is 741. The number of hydrogen-bond acceptors (Lipinski definition) is 4. The molecule has 3 rings (SSSR count). The van der Waals surface area contributed by atoms with E-state index in [1.165, 1.54) is 12.5 Å². The van der Waals surface area contributed by atoms with E-state index in [-0.39, 0.29) is 17.9 Å². The molecule has 0 spiro atoms. The molecule has 2 heterocycles. The van der Waals surface area contributed by atoms with Crippen LogP contribution in [0.1, 0.15) is 43.0 Å². The van der Waals surface area contributed by atoms with Crippen LogP contribution in [0.5, 0.6) is 0 Å². The highest BCUT2D eigenvalue weighted by molar-refractivity contribution is 5.81. The van der Waals surface area contributed by atoms with Crippen LogP contribution in [-0.4, -0.2) is 33.1 Å². The zero-order valence-corrected chi connectivity index (χ0v) is 14.4. The molecule has 2 aromatic rings. The van der Waals surface area contributed by atoms with Crippen LogP contribution in [0.25, 0.3) is 0 Å². The second-order valence-electron chi connectivity index (χ2n) is 6.25. The van der Waals surface area contributed by atoms with Crippen LogP contribution in [0.3, 0.4) is 0 Å². The minimum absolute atomic E-state index is 0.00399. The Hall–Kier alpha value is -2.70. The van der Waals surface area contributed by atoms with E-state index in [0.717, 1.165) is 31.5 Å². The van der Waals surface area contributed by atoms with Gasteiger partial charge in [0.05, 0.1) is 6.54 Å². The molecule has 1 aromatic carbocycles. The number of carbonyl (C=O) groups is 2. The van der Waals surface area contributed by atoms with Gasteiger partial charge in [0, 0.05) is 19.9 Å². The summed E-state index contributed by atoms with van der Waals surface area (Å²) < 4.78 is 1.86. The van der Waals surface area contributed by atoms with Gasteiger partial charge in [0.1, 0.15) is 11.9 Å². The van der Waals surface area contributed by atoms with Crippen molar-refractivity contribution >= 4 is 11.8 Å². The van der Waals surface area contributed by atoms with E-state index in [4.69, 9.17) is 0 Å². The molecule has 0 saturated heterocycles. The molecule has 0 saturated carbocycles. The maximum absolute atomic E-state index is 12.5. The molecule has 1 atom stereocenters. The van der Waals surface area contributed by atoms with Crippen molar-refractivity contribution in [1.82, 2.24) is 25.4 Å². The van der Waals surface area contributed by atoms with Gasteiger partial charge in [0.25, 0.3) is 0 Å². The van der Waals surface area contributed by atoms with Crippen molar-refractivity contribution in [1.29, 1.82) is 0 Å². The van der Waals surface area contributed by atoms with E-state index >= 15 is 0 Å². The fraction of sp³-hybridized carbons (Fsp3) is 0.444. The van der Waals surface area contributed by atoms with Crippen LogP contribution in [0.4, 0.5) is 0 Å². The van der Waals surface area contributed by atoms with Gasteiger partial charge in [-0.05, 0) is 24.8 Å². The summed E-state index contributed by atoms with van der Waals surface area (Å²) in [5.41, 5.74) is 1.27. The number of nitrogens with zero attached hydrogens (tertiary/aromatic N) is 3. The van der Waals surface area contributed by atoms with Gasteiger partial charge in [-0.15, -0.1) is 10.2 Å². The first kappa shape index (κ1) is 17.1. The molecule has 1 aliphatic heterocycles. The lowest BCUT2D eigenvalue weighted by Gasteiger charge is -2.15. The quantitative estimate of drug-likeness (QED) is 0.740. The van der Waals surface area contributed by atoms with Crippen LogP contribution in [0.2, 0.25) is 0 Å². The minimum Gasteiger partial charge on any atom is -0.354 e. The lowest BCUT2D eigenvalue weighted by molar-refractivity contribution is -0.124. The highest BCUT2D eigenvalue weighted by Crippen LogP contribution is 2.26. The van der Waals surface area contributed by atoms with Crippen molar-refractivity contribution < 1.29 is 9.59 Å². The lowest BCUT2D eigenvalue weighted by atomic mass is 10.1. The maximum Gasteiger partial charge on any atom is 0.243 e. The van der Waals surface area contributed by atoms with Crippen molar-refractivity contribution in [2.24, 2.45) is 0 Å². The SMILES string of the molecule is CC(=O)NCc1nnc2n1C(C(=O)NCCCc1ccccc1)CC2. The highest BCUT2D eigenvalue weighted by Gasteiger charge is 2.31. The van der Waals surface area contributed by atoms with Crippen LogP contribution < -0.4 is 10.6 Å². The first-order chi connectivity index (χ1) is 12.1. The lowest BCUT2D eigenvalue weighted by Crippen LogP contribution is -2.33. The summed E-state index contributed by atoms with van der Waals surface area (Å²) in [4.78, 5) is 23.6. The third-order valence-electron chi connectivity index (χ3n) is 4.37. The van der Waals surface area contributed by atoms with Crippen molar-refractivity contribution in [3.8, 4) is 0 Å². The summed E-state index contributed by atoms with van der Waals surface area (Å²) in [7, 11) is 0. The highest BCUT2D eigenvalue weighted by atomic mass is 16.2. The van der Waals surface area contributed by atoms with Gasteiger partial charge >= 0.3 is 0 Å². The van der Waals surface area contributed by atoms with Gasteiger partial charge in [-0.3, -0.25) is 9.59 Å². The molecule has 7 nitrogen and oxygen atoms in total. The topological polar surface area (TPSA) is 88.9 Å². The minimum atomic E-state index is -0.287. The number of aryl methyl sites for hydroxylation is 2. The van der Waals surface area contributed by atoms with Gasteiger partial charge in [0.15, 0.2) is 5.82 Å². The summed E-state index contributed by atoms with van der Waals surface area (Å²) in [6.45, 7) is 2.39. The Morgan fingerprint density at radius 2 is 2.00 bits per heavy atom. The fourth-order valence-electron chi connectivity index (χ4n) is 3.12. The summed E-state index contributed by atoms with van der Waals surface area (Å²) >= 11 is 0. The molecule has 0 bridgehead atoms. The van der Waals surface area contributed by atoms with Crippen molar-refractivity contribution in [3.05, 3.63) is 47.5 Å². The van der Waals surface area contributed by atoms with E-state index in [0.29, 0.717) is 18.9 Å². The molecule has 2 amide bonds. The Morgan fingerprint density at radius 1 is 1.20 bits per heavy atom. The molecule has 7 heteroatoms. The van der Waals surface area contributed by atoms with E-state index in [2.05, 4.69) is 33.0 Å². The van der Waals surface area contributed by atoms with Gasteiger partial charge < -0.3 is 15.2 Å². The molecule has 25 heavy (non-hydrogen) atoms. The molecule has 1 aliphatic rings. The zero-order chi connectivity index (χ0) is 17.6. The largest absolute Gasteiger partial charge is 0.354 e. The monoisotopic (exact) mass is 341 g/mol. The number of benzene rings is 1. The third kappa shape index (κ3) is 4.23. The summed E-state index contributed by atoms with van der Waals surface area (Å²) in [6, 6.07) is 9.95. The molecule has 0 radical (unpaired) electrons. The van der Waals surface area contributed by atoms with Crippen LogP contribution in [-0.2, 0) is 29.0 Å². The average Bonchev–Trinajstić information content (AvgIpc) is 3.20. The fourth-order valence-corrected chi connectivity index (χ4v) is 3.12. The number of aromatic nitrogens is 3. The number of hydrogen-bond donors (Lipinski definition) is 2. The summed E-state index contributed by atoms with van der Waals surface area (Å²) in [5, 5.41) is 14.0. The Kier molecular flexibility index (Phi) is 5.42. The number of carbonyl (C=O) groups excluding carboxylic acids is 2. The standard InChI is InChI=1S/C18H23N5O2/c1-13(24)20-12-17-22-21-16-10-9-15(23(16)17)18(25)19-11-5-8-14-6-3-2-4-7-14/h2-4,6-7,15H,5,8-12H2,1H3,(H,19,25)(H,20,24). The van der Waals surface area contributed by atoms with Crippen LogP contribution in [0, 0.1) is 0 Å². The van der Waals surface area contributed by atoms with Crippen molar-refractivity contribution in [2.75, 3.05) is 6.54 Å². The van der Waals surface area contributed by atoms with Crippen LogP contribution in [0.15, 0.2) is 30.3 Å². The average molecular weight is 341 g/mol. The predicted molar refractivity (Wildman–Crippen MR) is 92.7 cm³/mol. The van der Waals surface area contributed by atoms with Crippen LogP contribution >= 0.6 is 0 Å². The molecule has 1 unspecified atom stereocenters. The van der Waals surface area contributed by atoms with E-state index < -0.39 is 0 Å².